The Hall–Kier alpha value is -3.63. The number of aromatic amines is 1. The molecule has 4 atom stereocenters. The maximum atomic E-state index is 13.9. The molecule has 4 N–H and O–H groups in total. The van der Waals surface area contributed by atoms with E-state index in [-0.39, 0.29) is 35.7 Å². The van der Waals surface area contributed by atoms with Crippen LogP contribution in [0, 0.1) is 11.3 Å². The Bertz CT molecular complexity index is 1550. The number of methoxy groups -OCH3 is 2. The number of alkyl carbamates (subject to hydrolysis) is 1. The van der Waals surface area contributed by atoms with Gasteiger partial charge in [-0.1, -0.05) is 49.2 Å². The van der Waals surface area contributed by atoms with Crippen LogP contribution in [-0.2, 0) is 24.5 Å². The number of hydrogen-bond acceptors (Lipinski definition) is 6. The van der Waals surface area contributed by atoms with E-state index >= 15 is 0 Å². The van der Waals surface area contributed by atoms with Gasteiger partial charge in [0.1, 0.15) is 11.9 Å². The van der Waals surface area contributed by atoms with E-state index in [9.17, 15) is 14.4 Å². The molecule has 1 aromatic heterocycles. The van der Waals surface area contributed by atoms with Gasteiger partial charge in [0.15, 0.2) is 0 Å². The Morgan fingerprint density at radius 2 is 1.87 bits per heavy atom. The van der Waals surface area contributed by atoms with Crippen molar-refractivity contribution in [2.45, 2.75) is 76.3 Å². The van der Waals surface area contributed by atoms with Gasteiger partial charge in [-0.3, -0.25) is 9.59 Å². The third-order valence-electron chi connectivity index (χ3n) is 9.73. The zero-order valence-electron chi connectivity index (χ0n) is 26.7. The first-order valence-electron chi connectivity index (χ1n) is 15.7. The Labute approximate surface area is 269 Å². The van der Waals surface area contributed by atoms with Crippen LogP contribution in [0.15, 0.2) is 42.5 Å². The molecule has 1 unspecified atom stereocenters. The van der Waals surface area contributed by atoms with Crippen molar-refractivity contribution in [3.8, 4) is 0 Å². The van der Waals surface area contributed by atoms with Crippen molar-refractivity contribution in [1.29, 1.82) is 0 Å². The molecular formula is C34H44ClN5O5. The summed E-state index contributed by atoms with van der Waals surface area (Å²) in [6.45, 7) is 6.48. The predicted octanol–water partition coefficient (Wildman–Crippen LogP) is 5.52. The highest BCUT2D eigenvalue weighted by molar-refractivity contribution is 6.31. The van der Waals surface area contributed by atoms with E-state index in [1.54, 1.807) is 7.11 Å². The van der Waals surface area contributed by atoms with Crippen molar-refractivity contribution in [3.63, 3.8) is 0 Å². The number of carbonyl (C=O) groups excluding carboxylic acids is 3. The summed E-state index contributed by atoms with van der Waals surface area (Å²) in [5, 5.41) is 9.58. The fourth-order valence-electron chi connectivity index (χ4n) is 6.53. The number of benzene rings is 2. The third kappa shape index (κ3) is 6.67. The van der Waals surface area contributed by atoms with Gasteiger partial charge in [-0.05, 0) is 80.2 Å². The van der Waals surface area contributed by atoms with Crippen molar-refractivity contribution in [3.05, 3.63) is 64.4 Å². The number of imidazole rings is 1. The van der Waals surface area contributed by atoms with Crippen molar-refractivity contribution in [1.82, 2.24) is 25.9 Å². The summed E-state index contributed by atoms with van der Waals surface area (Å²) in [5.74, 6) is 0.0530. The normalized spacial score (nSPS) is 19.0. The molecule has 0 radical (unpaired) electrons. The van der Waals surface area contributed by atoms with Gasteiger partial charge in [-0.15, -0.1) is 0 Å². The zero-order chi connectivity index (χ0) is 32.4. The number of likely N-dealkylation sites (N-methyl/N-ethyl adjacent to an activating group) is 1. The quantitative estimate of drug-likeness (QED) is 0.195. The number of nitrogens with zero attached hydrogens (tertiary/aromatic N) is 1. The van der Waals surface area contributed by atoms with Crippen molar-refractivity contribution >= 4 is 40.5 Å². The van der Waals surface area contributed by atoms with Gasteiger partial charge in [-0.25, -0.2) is 9.78 Å². The van der Waals surface area contributed by atoms with Crippen LogP contribution in [0.4, 0.5) is 4.79 Å². The highest BCUT2D eigenvalue weighted by Gasteiger charge is 2.51. The highest BCUT2D eigenvalue weighted by Crippen LogP contribution is 2.60. The molecule has 0 saturated heterocycles. The molecule has 242 valence electrons. The Kier molecular flexibility index (Phi) is 9.74. The van der Waals surface area contributed by atoms with E-state index in [0.29, 0.717) is 28.5 Å². The monoisotopic (exact) mass is 637 g/mol. The first-order valence-corrected chi connectivity index (χ1v) is 16.1. The maximum absolute atomic E-state index is 13.9. The van der Waals surface area contributed by atoms with Crippen LogP contribution >= 0.6 is 11.6 Å². The number of amides is 3. The van der Waals surface area contributed by atoms with Gasteiger partial charge >= 0.3 is 6.09 Å². The first kappa shape index (κ1) is 32.8. The molecule has 1 heterocycles. The SMILES string of the molecule is CCNC(=O)[C@H](NC(=O)C(C)(COC)c1ccc2[nH]c([C@@H](NC(=O)OC)[C@H](c3ccccc3Cl)C3(C)CC3)nc2c1)C1CCC1. The first-order chi connectivity index (χ1) is 21.5. The van der Waals surface area contributed by atoms with Crippen molar-refractivity contribution in [2.75, 3.05) is 27.4 Å². The van der Waals surface area contributed by atoms with E-state index in [4.69, 9.17) is 26.1 Å². The average Bonchev–Trinajstić information content (AvgIpc) is 3.58. The predicted molar refractivity (Wildman–Crippen MR) is 173 cm³/mol. The smallest absolute Gasteiger partial charge is 0.407 e. The van der Waals surface area contributed by atoms with Gasteiger partial charge < -0.3 is 30.4 Å². The van der Waals surface area contributed by atoms with E-state index in [0.717, 1.165) is 43.2 Å². The summed E-state index contributed by atoms with van der Waals surface area (Å²) < 4.78 is 10.6. The number of halogens is 1. The van der Waals surface area contributed by atoms with Crippen molar-refractivity contribution < 1.29 is 23.9 Å². The summed E-state index contributed by atoms with van der Waals surface area (Å²) in [6.07, 6.45) is 4.25. The minimum atomic E-state index is -1.10. The van der Waals surface area contributed by atoms with E-state index in [2.05, 4.69) is 27.9 Å². The van der Waals surface area contributed by atoms with E-state index in [1.807, 2.05) is 56.3 Å². The minimum absolute atomic E-state index is 0.100. The van der Waals surface area contributed by atoms with Crippen molar-refractivity contribution in [2.24, 2.45) is 11.3 Å². The topological polar surface area (TPSA) is 134 Å². The molecular weight excluding hydrogens is 594 g/mol. The molecule has 0 spiro atoms. The minimum Gasteiger partial charge on any atom is -0.453 e. The van der Waals surface area contributed by atoms with Crippen LogP contribution in [0.1, 0.15) is 81.8 Å². The second kappa shape index (κ2) is 13.4. The van der Waals surface area contributed by atoms with Crippen LogP contribution in [-0.4, -0.2) is 61.3 Å². The van der Waals surface area contributed by atoms with Crippen LogP contribution in [0.5, 0.6) is 0 Å². The molecule has 5 rings (SSSR count). The Balaban J connectivity index is 1.51. The number of rotatable bonds is 13. The van der Waals surface area contributed by atoms with E-state index < -0.39 is 23.6 Å². The van der Waals surface area contributed by atoms with Gasteiger partial charge in [-0.2, -0.15) is 0 Å². The standard InChI is InChI=1S/C34H44ClN5O5/c1-6-36-30(41)27(20-10-9-11-20)39-31(42)34(3,19-44-4)21-14-15-24-25(18-21)38-29(37-24)28(40-32(43)45-5)26(33(2)16-17-33)22-12-7-8-13-23(22)35/h7-8,12-15,18,20,26-28H,6,9-11,16-17,19H2,1-5H3,(H,36,41)(H,37,38)(H,39,42)(H,40,43)/t26-,27+,28-,34?/m0/s1. The lowest BCUT2D eigenvalue weighted by Crippen LogP contribution is -2.57. The molecule has 0 aliphatic heterocycles. The number of aromatic nitrogens is 2. The maximum Gasteiger partial charge on any atom is 0.407 e. The zero-order valence-corrected chi connectivity index (χ0v) is 27.4. The second-order valence-electron chi connectivity index (χ2n) is 12.9. The number of hydrogen-bond donors (Lipinski definition) is 4. The molecule has 3 aromatic rings. The van der Waals surface area contributed by atoms with Gasteiger partial charge in [0, 0.05) is 24.6 Å². The Morgan fingerprint density at radius 3 is 2.47 bits per heavy atom. The van der Waals surface area contributed by atoms with Gasteiger partial charge in [0.2, 0.25) is 11.8 Å². The molecule has 10 nitrogen and oxygen atoms in total. The summed E-state index contributed by atoms with van der Waals surface area (Å²) in [5.41, 5.74) is 1.81. The summed E-state index contributed by atoms with van der Waals surface area (Å²) in [6, 6.07) is 12.2. The fourth-order valence-corrected chi connectivity index (χ4v) is 6.78. The molecule has 45 heavy (non-hydrogen) atoms. The molecule has 2 aliphatic rings. The number of ether oxygens (including phenoxy) is 2. The average molecular weight is 638 g/mol. The van der Waals surface area contributed by atoms with Crippen LogP contribution < -0.4 is 16.0 Å². The van der Waals surface area contributed by atoms with Crippen LogP contribution in [0.25, 0.3) is 11.0 Å². The highest BCUT2D eigenvalue weighted by atomic mass is 35.5. The number of nitrogens with one attached hydrogen (secondary N) is 4. The molecule has 2 fully saturated rings. The number of carbonyl (C=O) groups is 3. The molecule has 2 aromatic carbocycles. The van der Waals surface area contributed by atoms with E-state index in [1.165, 1.54) is 7.11 Å². The number of H-pyrrole nitrogens is 1. The van der Waals surface area contributed by atoms with Crippen LogP contribution in [0.2, 0.25) is 5.02 Å². The third-order valence-corrected chi connectivity index (χ3v) is 10.1. The number of fused-ring (bicyclic) bond motifs is 1. The lowest BCUT2D eigenvalue weighted by molar-refractivity contribution is -0.135. The molecule has 0 bridgehead atoms. The Morgan fingerprint density at radius 1 is 1.13 bits per heavy atom. The lowest BCUT2D eigenvalue weighted by Gasteiger charge is -2.36. The molecule has 3 amide bonds. The summed E-state index contributed by atoms with van der Waals surface area (Å²) >= 11 is 6.72. The van der Waals surface area contributed by atoms with Gasteiger partial charge in [0.05, 0.1) is 36.2 Å². The fraction of sp³-hybridized carbons (Fsp3) is 0.529. The summed E-state index contributed by atoms with van der Waals surface area (Å²) in [4.78, 5) is 47.9. The molecule has 11 heteroatoms. The molecule has 2 aliphatic carbocycles. The summed E-state index contributed by atoms with van der Waals surface area (Å²) in [7, 11) is 2.89. The largest absolute Gasteiger partial charge is 0.453 e. The van der Waals surface area contributed by atoms with Crippen LogP contribution in [0.3, 0.4) is 0 Å². The molecule has 2 saturated carbocycles. The van der Waals surface area contributed by atoms with Gasteiger partial charge in [0.25, 0.3) is 0 Å². The second-order valence-corrected chi connectivity index (χ2v) is 13.3. The lowest BCUT2D eigenvalue weighted by atomic mass is 9.77.